The molecule has 1 aliphatic heterocycles. The van der Waals surface area contributed by atoms with Crippen molar-refractivity contribution in [3.63, 3.8) is 0 Å². The van der Waals surface area contributed by atoms with Crippen molar-refractivity contribution in [2.24, 2.45) is 0 Å². The summed E-state index contributed by atoms with van der Waals surface area (Å²) in [5.41, 5.74) is 2.68. The van der Waals surface area contributed by atoms with Crippen LogP contribution in [0.2, 0.25) is 0 Å². The predicted molar refractivity (Wildman–Crippen MR) is 103 cm³/mol. The highest BCUT2D eigenvalue weighted by Gasteiger charge is 2.20. The van der Waals surface area contributed by atoms with E-state index in [9.17, 15) is 4.79 Å². The fourth-order valence-corrected chi connectivity index (χ4v) is 4.30. The van der Waals surface area contributed by atoms with Gasteiger partial charge in [-0.15, -0.1) is 0 Å². The van der Waals surface area contributed by atoms with Crippen molar-refractivity contribution in [1.29, 1.82) is 0 Å². The van der Waals surface area contributed by atoms with E-state index in [0.29, 0.717) is 41.7 Å². The molecule has 1 N–H and O–H groups in total. The minimum absolute atomic E-state index is 0.118. The van der Waals surface area contributed by atoms with Gasteiger partial charge < -0.3 is 10.1 Å². The monoisotopic (exact) mass is 477 g/mol. The van der Waals surface area contributed by atoms with E-state index in [0.717, 1.165) is 14.5 Å². The molecule has 1 amide bonds. The maximum atomic E-state index is 11.9. The van der Waals surface area contributed by atoms with Crippen LogP contribution in [-0.2, 0) is 6.54 Å². The van der Waals surface area contributed by atoms with Crippen molar-refractivity contribution < 1.29 is 9.53 Å². The molecule has 7 nitrogen and oxygen atoms in total. The van der Waals surface area contributed by atoms with Crippen LogP contribution in [0.5, 0.6) is 5.75 Å². The third-order valence-electron chi connectivity index (χ3n) is 4.00. The summed E-state index contributed by atoms with van der Waals surface area (Å²) in [6, 6.07) is 7.33. The predicted octanol–water partition coefficient (Wildman–Crippen LogP) is 3.28. The van der Waals surface area contributed by atoms with Gasteiger partial charge in [0.05, 0.1) is 28.3 Å². The van der Waals surface area contributed by atoms with Gasteiger partial charge in [0, 0.05) is 18.3 Å². The largest absolute Gasteiger partial charge is 0.494 e. The molecule has 0 spiro atoms. The number of nitrogens with one attached hydrogen (secondary N) is 1. The number of aromatic nitrogens is 4. The summed E-state index contributed by atoms with van der Waals surface area (Å²) in [6.07, 6.45) is 1.68. The molecular formula is C17H13Br2N5O2. The summed E-state index contributed by atoms with van der Waals surface area (Å²) in [5, 5.41) is 7.30. The third kappa shape index (κ3) is 3.01. The summed E-state index contributed by atoms with van der Waals surface area (Å²) in [5.74, 6) is 1.15. The first kappa shape index (κ1) is 17.2. The molecule has 3 aromatic rings. The zero-order valence-corrected chi connectivity index (χ0v) is 16.8. The zero-order chi connectivity index (χ0) is 18.3. The van der Waals surface area contributed by atoms with Crippen molar-refractivity contribution in [1.82, 2.24) is 25.1 Å². The smallest absolute Gasteiger partial charge is 0.269 e. The molecule has 0 fully saturated rings. The van der Waals surface area contributed by atoms with Crippen molar-refractivity contribution in [3.8, 4) is 28.5 Å². The third-order valence-corrected chi connectivity index (χ3v) is 5.18. The first-order chi connectivity index (χ1) is 12.6. The quantitative estimate of drug-likeness (QED) is 0.624. The second-order valence-corrected chi connectivity index (χ2v) is 7.34. The molecule has 9 heteroatoms. The Morgan fingerprint density at radius 3 is 2.65 bits per heavy atom. The van der Waals surface area contributed by atoms with E-state index >= 15 is 0 Å². The van der Waals surface area contributed by atoms with Gasteiger partial charge in [-0.2, -0.15) is 5.10 Å². The average molecular weight is 479 g/mol. The highest BCUT2D eigenvalue weighted by atomic mass is 79.9. The molecule has 0 aliphatic carbocycles. The molecule has 1 aromatic carbocycles. The Morgan fingerprint density at radius 2 is 1.96 bits per heavy atom. The highest BCUT2D eigenvalue weighted by Crippen LogP contribution is 2.37. The molecule has 0 unspecified atom stereocenters. The number of carbonyl (C=O) groups is 1. The summed E-state index contributed by atoms with van der Waals surface area (Å²) in [6.45, 7) is 1.23. The van der Waals surface area contributed by atoms with Gasteiger partial charge in [-0.05, 0) is 56.1 Å². The lowest BCUT2D eigenvalue weighted by molar-refractivity contribution is 0.0924. The summed E-state index contributed by atoms with van der Waals surface area (Å²) in [4.78, 5) is 20.9. The summed E-state index contributed by atoms with van der Waals surface area (Å²) >= 11 is 6.99. The molecular weight excluding hydrogens is 466 g/mol. The summed E-state index contributed by atoms with van der Waals surface area (Å²) in [7, 11) is 1.61. The lowest BCUT2D eigenvalue weighted by atomic mass is 10.2. The van der Waals surface area contributed by atoms with Crippen LogP contribution in [-0.4, -0.2) is 39.3 Å². The average Bonchev–Trinajstić information content (AvgIpc) is 3.07. The molecule has 132 valence electrons. The van der Waals surface area contributed by atoms with Crippen LogP contribution >= 0.6 is 31.9 Å². The minimum Gasteiger partial charge on any atom is -0.494 e. The van der Waals surface area contributed by atoms with Gasteiger partial charge in [0.1, 0.15) is 17.1 Å². The normalized spacial score (nSPS) is 13.3. The van der Waals surface area contributed by atoms with Crippen molar-refractivity contribution >= 4 is 37.8 Å². The van der Waals surface area contributed by atoms with Gasteiger partial charge in [-0.1, -0.05) is 0 Å². The summed E-state index contributed by atoms with van der Waals surface area (Å²) < 4.78 is 8.63. The minimum atomic E-state index is -0.118. The molecule has 0 saturated heterocycles. The first-order valence-corrected chi connectivity index (χ1v) is 9.38. The number of carbonyl (C=O) groups excluding carboxylic acids is 1. The number of ether oxygens (including phenoxy) is 1. The number of nitrogens with zero attached hydrogens (tertiary/aromatic N) is 4. The maximum absolute atomic E-state index is 11.9. The Bertz CT molecular complexity index is 995. The van der Waals surface area contributed by atoms with E-state index < -0.39 is 0 Å². The molecule has 0 saturated carbocycles. The SMILES string of the molecule is COc1c(Br)cc(-c2nccc(-c3cc4n(n3)CCNC4=O)n2)cc1Br. The Balaban J connectivity index is 1.75. The molecule has 4 rings (SSSR count). The number of methoxy groups -OCH3 is 1. The molecule has 1 aliphatic rings. The van der Waals surface area contributed by atoms with E-state index in [1.54, 1.807) is 30.1 Å². The Kier molecular flexibility index (Phi) is 4.49. The van der Waals surface area contributed by atoms with E-state index in [4.69, 9.17) is 4.74 Å². The van der Waals surface area contributed by atoms with Crippen molar-refractivity contribution in [2.45, 2.75) is 6.54 Å². The number of fused-ring (bicyclic) bond motifs is 1. The van der Waals surface area contributed by atoms with Crippen LogP contribution in [0, 0.1) is 0 Å². The van der Waals surface area contributed by atoms with Crippen LogP contribution in [0.15, 0.2) is 39.4 Å². The van der Waals surface area contributed by atoms with Crippen LogP contribution in [0.25, 0.3) is 22.8 Å². The fourth-order valence-electron chi connectivity index (χ4n) is 2.79. The lowest BCUT2D eigenvalue weighted by Gasteiger charge is -2.13. The number of rotatable bonds is 3. The molecule has 0 atom stereocenters. The van der Waals surface area contributed by atoms with E-state index in [2.05, 4.69) is 52.2 Å². The van der Waals surface area contributed by atoms with E-state index in [1.807, 2.05) is 12.1 Å². The zero-order valence-electron chi connectivity index (χ0n) is 13.7. The number of hydrogen-bond donors (Lipinski definition) is 1. The number of benzene rings is 1. The Hall–Kier alpha value is -2.26. The lowest BCUT2D eigenvalue weighted by Crippen LogP contribution is -2.35. The standard InChI is InChI=1S/C17H13Br2N5O2/c1-26-15-10(18)6-9(7-11(15)19)16-20-3-2-12(22-16)13-8-14-17(25)21-4-5-24(14)23-13/h2-3,6-8H,4-5H2,1H3,(H,21,25). The second kappa shape index (κ2) is 6.81. The van der Waals surface area contributed by atoms with Gasteiger partial charge in [-0.3, -0.25) is 9.48 Å². The molecule has 0 bridgehead atoms. The van der Waals surface area contributed by atoms with Gasteiger partial charge in [0.15, 0.2) is 5.82 Å². The molecule has 26 heavy (non-hydrogen) atoms. The van der Waals surface area contributed by atoms with Crippen molar-refractivity contribution in [2.75, 3.05) is 13.7 Å². The van der Waals surface area contributed by atoms with Gasteiger partial charge in [0.25, 0.3) is 5.91 Å². The van der Waals surface area contributed by atoms with Gasteiger partial charge in [-0.25, -0.2) is 9.97 Å². The Labute approximate surface area is 166 Å². The highest BCUT2D eigenvalue weighted by molar-refractivity contribution is 9.11. The second-order valence-electron chi connectivity index (χ2n) is 5.63. The topological polar surface area (TPSA) is 81.9 Å². The van der Waals surface area contributed by atoms with Gasteiger partial charge >= 0.3 is 0 Å². The van der Waals surface area contributed by atoms with E-state index in [1.165, 1.54) is 0 Å². The maximum Gasteiger partial charge on any atom is 0.269 e. The van der Waals surface area contributed by atoms with Crippen molar-refractivity contribution in [3.05, 3.63) is 45.1 Å². The van der Waals surface area contributed by atoms with Crippen LogP contribution in [0.3, 0.4) is 0 Å². The fraction of sp³-hybridized carbons (Fsp3) is 0.176. The van der Waals surface area contributed by atoms with Gasteiger partial charge in [0.2, 0.25) is 0 Å². The van der Waals surface area contributed by atoms with Crippen LogP contribution < -0.4 is 10.1 Å². The Morgan fingerprint density at radius 1 is 1.19 bits per heavy atom. The number of hydrogen-bond acceptors (Lipinski definition) is 5. The molecule has 3 heterocycles. The van der Waals surface area contributed by atoms with E-state index in [-0.39, 0.29) is 5.91 Å². The van der Waals surface area contributed by atoms with Crippen LogP contribution in [0.4, 0.5) is 0 Å². The van der Waals surface area contributed by atoms with Crippen LogP contribution in [0.1, 0.15) is 10.5 Å². The number of halogens is 2. The first-order valence-electron chi connectivity index (χ1n) is 7.79. The molecule has 2 aromatic heterocycles. The number of amides is 1. The molecule has 0 radical (unpaired) electrons.